The smallest absolute Gasteiger partial charge is 0.229 e. The number of aryl methyl sites for hydroxylation is 2. The van der Waals surface area contributed by atoms with Crippen LogP contribution >= 0.6 is 7.14 Å². The standard InChI is InChI=1S/C34H46N9O2P/c1-6-24-21-28(31(45-3)22-30(24)43-17-12-25(13-18-43)42-19-15-35-16-20-42)39-34-36-23-26(29-11-14-37-41(29)2)33(40-34)38-27-9-7-8-10-32(27)46(4,5)44/h7-11,14,21-23,25,35H,6,12-13,15-20H2,1-5H3,(H2,36,38,39,40). The van der Waals surface area contributed by atoms with Gasteiger partial charge in [0, 0.05) is 81.8 Å². The summed E-state index contributed by atoms with van der Waals surface area (Å²) >= 11 is 0. The fourth-order valence-electron chi connectivity index (χ4n) is 6.64. The van der Waals surface area contributed by atoms with Crippen molar-refractivity contribution in [2.75, 3.05) is 75.2 Å². The molecule has 6 rings (SSSR count). The monoisotopic (exact) mass is 643 g/mol. The zero-order chi connectivity index (χ0) is 32.3. The number of ether oxygens (including phenoxy) is 1. The lowest BCUT2D eigenvalue weighted by Gasteiger charge is -2.41. The molecule has 12 heteroatoms. The molecule has 4 heterocycles. The summed E-state index contributed by atoms with van der Waals surface area (Å²) in [6.45, 7) is 12.3. The third-order valence-corrected chi connectivity index (χ3v) is 10.7. The van der Waals surface area contributed by atoms with Crippen LogP contribution in [0.15, 0.2) is 54.9 Å². The van der Waals surface area contributed by atoms with E-state index in [9.17, 15) is 4.57 Å². The van der Waals surface area contributed by atoms with E-state index >= 15 is 0 Å². The summed E-state index contributed by atoms with van der Waals surface area (Å²) in [6.07, 6.45) is 6.78. The van der Waals surface area contributed by atoms with Gasteiger partial charge in [0.1, 0.15) is 18.7 Å². The molecular weight excluding hydrogens is 597 g/mol. The van der Waals surface area contributed by atoms with Gasteiger partial charge in [-0.3, -0.25) is 9.58 Å². The molecular formula is C34H46N9O2P. The van der Waals surface area contributed by atoms with Crippen molar-refractivity contribution in [3.63, 3.8) is 0 Å². The number of hydrogen-bond acceptors (Lipinski definition) is 10. The highest BCUT2D eigenvalue weighted by molar-refractivity contribution is 7.70. The molecule has 2 aliphatic heterocycles. The molecule has 2 aliphatic rings. The van der Waals surface area contributed by atoms with Gasteiger partial charge in [0.25, 0.3) is 0 Å². The quantitative estimate of drug-likeness (QED) is 0.203. The Balaban J connectivity index is 1.29. The third-order valence-electron chi connectivity index (χ3n) is 9.12. The molecule has 0 unspecified atom stereocenters. The Morgan fingerprint density at radius 3 is 2.46 bits per heavy atom. The molecule has 2 fully saturated rings. The lowest BCUT2D eigenvalue weighted by molar-refractivity contribution is 0.150. The summed E-state index contributed by atoms with van der Waals surface area (Å²) in [4.78, 5) is 14.8. The van der Waals surface area contributed by atoms with Gasteiger partial charge in [-0.25, -0.2) is 4.98 Å². The largest absolute Gasteiger partial charge is 0.494 e. The molecule has 0 bridgehead atoms. The summed E-state index contributed by atoms with van der Waals surface area (Å²) in [5.74, 6) is 1.75. The number of piperidine rings is 1. The van der Waals surface area contributed by atoms with Crippen LogP contribution in [0.1, 0.15) is 25.3 Å². The molecule has 0 aliphatic carbocycles. The number of benzene rings is 2. The number of methoxy groups -OCH3 is 1. The average Bonchev–Trinajstić information content (AvgIpc) is 3.50. The molecule has 0 spiro atoms. The first-order chi connectivity index (χ1) is 22.2. The van der Waals surface area contributed by atoms with Gasteiger partial charge >= 0.3 is 0 Å². The van der Waals surface area contributed by atoms with Gasteiger partial charge in [0.05, 0.1) is 29.7 Å². The van der Waals surface area contributed by atoms with E-state index in [4.69, 9.17) is 14.7 Å². The number of para-hydroxylation sites is 1. The third kappa shape index (κ3) is 6.92. The second kappa shape index (κ2) is 13.8. The first-order valence-corrected chi connectivity index (χ1v) is 18.8. The van der Waals surface area contributed by atoms with E-state index in [0.717, 1.165) is 79.4 Å². The van der Waals surface area contributed by atoms with Crippen LogP contribution in [0.3, 0.4) is 0 Å². The Bertz CT molecular complexity index is 1700. The molecule has 2 aromatic carbocycles. The van der Waals surface area contributed by atoms with Crippen LogP contribution in [0.5, 0.6) is 5.75 Å². The number of piperazine rings is 1. The summed E-state index contributed by atoms with van der Waals surface area (Å²) in [6, 6.07) is 14.6. The highest BCUT2D eigenvalue weighted by Crippen LogP contribution is 2.40. The molecule has 46 heavy (non-hydrogen) atoms. The van der Waals surface area contributed by atoms with Crippen molar-refractivity contribution in [1.29, 1.82) is 0 Å². The number of nitrogens with one attached hydrogen (secondary N) is 3. The van der Waals surface area contributed by atoms with E-state index in [1.165, 1.54) is 24.1 Å². The second-order valence-corrected chi connectivity index (χ2v) is 15.6. The maximum absolute atomic E-state index is 13.1. The minimum Gasteiger partial charge on any atom is -0.494 e. The topological polar surface area (TPSA) is 112 Å². The van der Waals surface area contributed by atoms with Crippen LogP contribution in [0.2, 0.25) is 0 Å². The van der Waals surface area contributed by atoms with Gasteiger partial charge in [0.15, 0.2) is 0 Å². The normalized spacial score (nSPS) is 16.4. The van der Waals surface area contributed by atoms with Crippen molar-refractivity contribution in [2.24, 2.45) is 7.05 Å². The molecule has 0 amide bonds. The molecule has 0 radical (unpaired) electrons. The Labute approximate surface area is 272 Å². The molecule has 244 valence electrons. The first-order valence-electron chi connectivity index (χ1n) is 16.2. The Morgan fingerprint density at radius 2 is 1.78 bits per heavy atom. The van der Waals surface area contributed by atoms with E-state index in [1.807, 2.05) is 37.4 Å². The van der Waals surface area contributed by atoms with Crippen LogP contribution in [0.4, 0.5) is 28.8 Å². The summed E-state index contributed by atoms with van der Waals surface area (Å²) in [5.41, 5.74) is 5.69. The summed E-state index contributed by atoms with van der Waals surface area (Å²) in [7, 11) is 1.04. The number of anilines is 5. The van der Waals surface area contributed by atoms with Crippen LogP contribution < -0.4 is 30.9 Å². The predicted octanol–water partition coefficient (Wildman–Crippen LogP) is 5.06. The summed E-state index contributed by atoms with van der Waals surface area (Å²) in [5, 5.41) is 15.5. The van der Waals surface area contributed by atoms with Gasteiger partial charge in [-0.2, -0.15) is 10.1 Å². The molecule has 3 N–H and O–H groups in total. The van der Waals surface area contributed by atoms with Crippen LogP contribution in [0.25, 0.3) is 11.3 Å². The highest BCUT2D eigenvalue weighted by Gasteiger charge is 2.27. The van der Waals surface area contributed by atoms with Gasteiger partial charge in [0.2, 0.25) is 5.95 Å². The van der Waals surface area contributed by atoms with E-state index in [1.54, 1.807) is 37.5 Å². The maximum Gasteiger partial charge on any atom is 0.229 e. The van der Waals surface area contributed by atoms with Crippen LogP contribution in [-0.4, -0.2) is 90.4 Å². The zero-order valence-electron chi connectivity index (χ0n) is 27.6. The van der Waals surface area contributed by atoms with Crippen molar-refractivity contribution in [1.82, 2.24) is 30.0 Å². The van der Waals surface area contributed by atoms with Gasteiger partial charge in [-0.05, 0) is 62.4 Å². The number of nitrogens with zero attached hydrogens (tertiary/aromatic N) is 6. The lowest BCUT2D eigenvalue weighted by atomic mass is 9.99. The Hall–Kier alpha value is -3.92. The maximum atomic E-state index is 13.1. The second-order valence-electron chi connectivity index (χ2n) is 12.5. The van der Waals surface area contributed by atoms with E-state index in [2.05, 4.69) is 49.9 Å². The fraction of sp³-hybridized carbons (Fsp3) is 0.441. The average molecular weight is 644 g/mol. The van der Waals surface area contributed by atoms with E-state index < -0.39 is 7.14 Å². The fourth-order valence-corrected chi connectivity index (χ4v) is 7.79. The zero-order valence-corrected chi connectivity index (χ0v) is 28.5. The van der Waals surface area contributed by atoms with Gasteiger partial charge < -0.3 is 30.2 Å². The minimum absolute atomic E-state index is 0.423. The summed E-state index contributed by atoms with van der Waals surface area (Å²) < 4.78 is 20.9. The molecule has 2 saturated heterocycles. The van der Waals surface area contributed by atoms with Gasteiger partial charge in [-0.1, -0.05) is 19.1 Å². The highest BCUT2D eigenvalue weighted by atomic mass is 31.2. The number of rotatable bonds is 10. The van der Waals surface area contributed by atoms with Crippen LogP contribution in [-0.2, 0) is 18.0 Å². The lowest BCUT2D eigenvalue weighted by Crippen LogP contribution is -2.52. The number of hydrogen-bond donors (Lipinski definition) is 3. The minimum atomic E-state index is -2.56. The van der Waals surface area contributed by atoms with E-state index in [-0.39, 0.29) is 0 Å². The van der Waals surface area contributed by atoms with Crippen LogP contribution in [0, 0.1) is 0 Å². The molecule has 0 atom stereocenters. The van der Waals surface area contributed by atoms with Crippen molar-refractivity contribution in [3.8, 4) is 17.0 Å². The van der Waals surface area contributed by atoms with E-state index in [0.29, 0.717) is 17.8 Å². The predicted molar refractivity (Wildman–Crippen MR) is 188 cm³/mol. The van der Waals surface area contributed by atoms with Crippen molar-refractivity contribution < 1.29 is 9.30 Å². The molecule has 4 aromatic rings. The van der Waals surface area contributed by atoms with Crippen molar-refractivity contribution in [2.45, 2.75) is 32.2 Å². The Morgan fingerprint density at radius 1 is 1.02 bits per heavy atom. The molecule has 11 nitrogen and oxygen atoms in total. The molecule has 2 aromatic heterocycles. The van der Waals surface area contributed by atoms with Crippen molar-refractivity contribution in [3.05, 3.63) is 60.4 Å². The number of aromatic nitrogens is 4. The Kier molecular flexibility index (Phi) is 9.63. The van der Waals surface area contributed by atoms with Gasteiger partial charge in [-0.15, -0.1) is 0 Å². The SMILES string of the molecule is CCc1cc(Nc2ncc(-c3ccnn3C)c(Nc3ccccc3P(C)(C)=O)n2)c(OC)cc1N1CCC(N2CCNCC2)CC1. The first kappa shape index (κ1) is 32.0. The van der Waals surface area contributed by atoms with Crippen molar-refractivity contribution >= 4 is 41.3 Å². The molecule has 0 saturated carbocycles.